The summed E-state index contributed by atoms with van der Waals surface area (Å²) in [5, 5.41) is 12.3. The second-order valence-electron chi connectivity index (χ2n) is 4.33. The molecule has 5 heteroatoms. The van der Waals surface area contributed by atoms with Gasteiger partial charge in [0.15, 0.2) is 0 Å². The topological polar surface area (TPSA) is 52.4 Å². The number of ketones is 1. The van der Waals surface area contributed by atoms with Crippen LogP contribution in [0.15, 0.2) is 42.5 Å². The molecule has 20 heavy (non-hydrogen) atoms. The van der Waals surface area contributed by atoms with E-state index in [9.17, 15) is 14.4 Å². The molecular formula is C15H10FNO3. The number of nitrogens with zero attached hydrogens (tertiary/aromatic N) is 1. The number of hydrogen-bond donors (Lipinski definition) is 0. The zero-order chi connectivity index (χ0) is 14.3. The molecule has 0 saturated carbocycles. The second kappa shape index (κ2) is 4.45. The Morgan fingerprint density at radius 3 is 2.50 bits per heavy atom. The first-order chi connectivity index (χ1) is 9.63. The van der Waals surface area contributed by atoms with Gasteiger partial charge < -0.3 is 9.94 Å². The molecule has 0 amide bonds. The Bertz CT molecular complexity index is 735. The zero-order valence-corrected chi connectivity index (χ0v) is 10.6. The van der Waals surface area contributed by atoms with E-state index in [0.717, 1.165) is 0 Å². The first-order valence-electron chi connectivity index (χ1n) is 5.95. The van der Waals surface area contributed by atoms with E-state index in [0.29, 0.717) is 16.1 Å². The predicted octanol–water partition coefficient (Wildman–Crippen LogP) is 2.66. The van der Waals surface area contributed by atoms with Crippen molar-refractivity contribution in [3.05, 3.63) is 64.6 Å². The van der Waals surface area contributed by atoms with Gasteiger partial charge in [0.1, 0.15) is 17.1 Å². The Hall–Kier alpha value is -2.69. The highest BCUT2D eigenvalue weighted by Crippen LogP contribution is 2.34. The third-order valence-corrected chi connectivity index (χ3v) is 3.21. The van der Waals surface area contributed by atoms with Gasteiger partial charge in [-0.15, -0.1) is 0 Å². The van der Waals surface area contributed by atoms with Crippen molar-refractivity contribution >= 4 is 17.2 Å². The molecular weight excluding hydrogens is 261 g/mol. The number of fused-ring (bicyclic) bond motifs is 1. The third-order valence-electron chi connectivity index (χ3n) is 3.21. The van der Waals surface area contributed by atoms with Crippen molar-refractivity contribution in [1.82, 2.24) is 0 Å². The van der Waals surface area contributed by atoms with Crippen LogP contribution in [0.25, 0.3) is 0 Å². The van der Waals surface area contributed by atoms with Crippen molar-refractivity contribution in [2.24, 2.45) is 0 Å². The van der Waals surface area contributed by atoms with E-state index in [1.807, 2.05) is 0 Å². The molecule has 0 unspecified atom stereocenters. The molecule has 0 N–H and O–H groups in total. The van der Waals surface area contributed by atoms with Crippen molar-refractivity contribution in [3.8, 4) is 5.75 Å². The lowest BCUT2D eigenvalue weighted by Gasteiger charge is -2.03. The number of rotatable bonds is 2. The van der Waals surface area contributed by atoms with Gasteiger partial charge >= 0.3 is 0 Å². The average Bonchev–Trinajstić information content (AvgIpc) is 2.72. The number of carbonyl (C=O) groups is 1. The van der Waals surface area contributed by atoms with Crippen LogP contribution in [0.3, 0.4) is 0 Å². The molecule has 1 aliphatic rings. The summed E-state index contributed by atoms with van der Waals surface area (Å²) in [6, 6.07) is 10.1. The minimum atomic E-state index is -0.424. The van der Waals surface area contributed by atoms with Crippen molar-refractivity contribution in [3.63, 3.8) is 0 Å². The van der Waals surface area contributed by atoms with Crippen LogP contribution in [0, 0.1) is 11.0 Å². The summed E-state index contributed by atoms with van der Waals surface area (Å²) in [5.41, 5.74) is 0.840. The van der Waals surface area contributed by atoms with Crippen LogP contribution < -0.4 is 4.74 Å². The van der Waals surface area contributed by atoms with Crippen molar-refractivity contribution in [2.45, 2.75) is 0 Å². The second-order valence-corrected chi connectivity index (χ2v) is 4.33. The minimum Gasteiger partial charge on any atom is -0.618 e. The van der Waals surface area contributed by atoms with Crippen molar-refractivity contribution < 1.29 is 18.7 Å². The predicted molar refractivity (Wildman–Crippen MR) is 71.1 cm³/mol. The maximum Gasteiger partial charge on any atom is 0.273 e. The van der Waals surface area contributed by atoms with Crippen LogP contribution in [0.1, 0.15) is 15.9 Å². The van der Waals surface area contributed by atoms with Crippen LogP contribution in [0.5, 0.6) is 5.75 Å². The fraction of sp³-hybridized carbons (Fsp3) is 0.0667. The quantitative estimate of drug-likeness (QED) is 0.623. The molecule has 2 aromatic rings. The van der Waals surface area contributed by atoms with Crippen LogP contribution >= 0.6 is 0 Å². The highest BCUT2D eigenvalue weighted by molar-refractivity contribution is 6.52. The van der Waals surface area contributed by atoms with Crippen LogP contribution in [0.4, 0.5) is 10.1 Å². The maximum absolute atomic E-state index is 12.9. The molecule has 4 nitrogen and oxygen atoms in total. The molecule has 0 radical (unpaired) electrons. The highest BCUT2D eigenvalue weighted by atomic mass is 19.1. The van der Waals surface area contributed by atoms with E-state index in [1.54, 1.807) is 18.2 Å². The van der Waals surface area contributed by atoms with Gasteiger partial charge in [0.2, 0.25) is 5.69 Å². The lowest BCUT2D eigenvalue weighted by Crippen LogP contribution is -2.16. The summed E-state index contributed by atoms with van der Waals surface area (Å²) >= 11 is 0. The fourth-order valence-corrected chi connectivity index (χ4v) is 2.27. The number of methoxy groups -OCH3 is 1. The standard InChI is InChI=1S/C15H10FNO3/c1-20-12-4-2-3-11-13(12)15(18)14(17(11)19)9-5-7-10(16)8-6-9/h2-8H,1H3. The Morgan fingerprint density at radius 1 is 1.15 bits per heavy atom. The summed E-state index contributed by atoms with van der Waals surface area (Å²) in [6.45, 7) is 0. The minimum absolute atomic E-state index is 0.0236. The smallest absolute Gasteiger partial charge is 0.273 e. The first kappa shape index (κ1) is 12.3. The number of hydrogen-bond acceptors (Lipinski definition) is 3. The van der Waals surface area contributed by atoms with Gasteiger partial charge in [0.25, 0.3) is 11.5 Å². The van der Waals surface area contributed by atoms with Crippen LogP contribution in [-0.2, 0) is 0 Å². The van der Waals surface area contributed by atoms with Crippen molar-refractivity contribution in [2.75, 3.05) is 7.11 Å². The van der Waals surface area contributed by atoms with Gasteiger partial charge in [-0.3, -0.25) is 4.79 Å². The van der Waals surface area contributed by atoms with Gasteiger partial charge in [-0.2, -0.15) is 4.74 Å². The van der Waals surface area contributed by atoms with Gasteiger partial charge in [-0.05, 0) is 30.3 Å². The van der Waals surface area contributed by atoms with E-state index < -0.39 is 11.6 Å². The van der Waals surface area contributed by atoms with E-state index in [4.69, 9.17) is 4.74 Å². The van der Waals surface area contributed by atoms with Gasteiger partial charge in [0, 0.05) is 6.07 Å². The molecule has 1 heterocycles. The lowest BCUT2D eigenvalue weighted by molar-refractivity contribution is -0.355. The molecule has 0 atom stereocenters. The Morgan fingerprint density at radius 2 is 1.85 bits per heavy atom. The number of carbonyl (C=O) groups excluding carboxylic acids is 1. The van der Waals surface area contributed by atoms with Crippen molar-refractivity contribution in [1.29, 1.82) is 0 Å². The van der Waals surface area contributed by atoms with Gasteiger partial charge in [-0.1, -0.05) is 6.07 Å². The zero-order valence-electron chi connectivity index (χ0n) is 10.6. The van der Waals surface area contributed by atoms with Gasteiger partial charge in [-0.25, -0.2) is 4.39 Å². The number of Topliss-reactive ketones (excluding diaryl/α,β-unsaturated/α-hetero) is 1. The summed E-state index contributed by atoms with van der Waals surface area (Å²) in [7, 11) is 1.44. The summed E-state index contributed by atoms with van der Waals surface area (Å²) in [5.74, 6) is -0.489. The molecule has 2 aromatic carbocycles. The van der Waals surface area contributed by atoms with Crippen LogP contribution in [0.2, 0.25) is 0 Å². The molecule has 0 bridgehead atoms. The largest absolute Gasteiger partial charge is 0.618 e. The Balaban J connectivity index is 2.18. The number of halogens is 1. The fourth-order valence-electron chi connectivity index (χ4n) is 2.27. The Labute approximate surface area is 114 Å². The molecule has 0 aliphatic carbocycles. The normalized spacial score (nSPS) is 13.6. The molecule has 0 aromatic heterocycles. The molecule has 0 fully saturated rings. The highest BCUT2D eigenvalue weighted by Gasteiger charge is 2.39. The van der Waals surface area contributed by atoms with Crippen LogP contribution in [-0.4, -0.2) is 23.3 Å². The van der Waals surface area contributed by atoms with E-state index in [-0.39, 0.29) is 17.0 Å². The van der Waals surface area contributed by atoms with E-state index in [1.165, 1.54) is 31.4 Å². The summed E-state index contributed by atoms with van der Waals surface area (Å²) in [6.07, 6.45) is 0. The summed E-state index contributed by atoms with van der Waals surface area (Å²) < 4.78 is 18.6. The monoisotopic (exact) mass is 271 g/mol. The Kier molecular flexibility index (Phi) is 2.75. The molecule has 3 rings (SSSR count). The lowest BCUT2D eigenvalue weighted by atomic mass is 10.0. The SMILES string of the molecule is COc1cccc2c1C(=O)C(c1ccc(F)cc1)=[N+]2[O-]. The first-order valence-corrected chi connectivity index (χ1v) is 5.95. The molecule has 100 valence electrons. The van der Waals surface area contributed by atoms with E-state index >= 15 is 0 Å². The molecule has 1 aliphatic heterocycles. The third kappa shape index (κ3) is 1.67. The maximum atomic E-state index is 12.9. The molecule has 0 saturated heterocycles. The van der Waals surface area contributed by atoms with Gasteiger partial charge in [0.05, 0.1) is 12.7 Å². The van der Waals surface area contributed by atoms with E-state index in [2.05, 4.69) is 0 Å². The summed E-state index contributed by atoms with van der Waals surface area (Å²) in [4.78, 5) is 12.4. The average molecular weight is 271 g/mol. The molecule has 0 spiro atoms. The number of ether oxygens (including phenoxy) is 1. The number of benzene rings is 2.